The monoisotopic (exact) mass is 788 g/mol. The molecule has 3 aromatic carbocycles. The van der Waals surface area contributed by atoms with Gasteiger partial charge >= 0.3 is 6.09 Å². The van der Waals surface area contributed by atoms with Gasteiger partial charge in [0.1, 0.15) is 23.7 Å². The number of hydrogen-bond donors (Lipinski definition) is 3. The van der Waals surface area contributed by atoms with Gasteiger partial charge in [-0.15, -0.1) is 0 Å². The molecule has 0 aliphatic carbocycles. The minimum Gasteiger partial charge on any atom is -0.453 e. The van der Waals surface area contributed by atoms with Crippen molar-refractivity contribution < 1.29 is 28.9 Å². The standard InChI is InChI=1S/C44H52N8O6/c1-26(2)38(46-25-58-57-6)42(53)51-21-7-9-36(51)40-45-24-35(49-40)31-17-15-29(16-18-31)28-11-13-30(14-12-28)32-19-20-33-34(23-32)48-41(47-33)37-10-8-22-52(37)43(54)39(27(3)4)50-44(55)56-5/h11-20,23-27,36-39H,7-10,21-22H2,1-6H3,(H,45,49)(H,47,48)(H,50,55)/b46-25+/t36-,37-,38-,39-/m0/s1. The number of methoxy groups -OCH3 is 1. The van der Waals surface area contributed by atoms with E-state index < -0.39 is 18.2 Å². The number of ether oxygens (including phenoxy) is 1. The van der Waals surface area contributed by atoms with Crippen LogP contribution in [0.5, 0.6) is 0 Å². The number of benzene rings is 3. The van der Waals surface area contributed by atoms with Gasteiger partial charge < -0.3 is 34.7 Å². The van der Waals surface area contributed by atoms with Gasteiger partial charge in [0, 0.05) is 13.1 Å². The third-order valence-electron chi connectivity index (χ3n) is 11.2. The highest BCUT2D eigenvalue weighted by molar-refractivity contribution is 5.87. The second kappa shape index (κ2) is 17.6. The number of alkyl carbamates (subject to hydrolysis) is 1. The van der Waals surface area contributed by atoms with Crippen LogP contribution < -0.4 is 5.32 Å². The topological polar surface area (TPSA) is 167 Å². The molecular formula is C44H52N8O6. The summed E-state index contributed by atoms with van der Waals surface area (Å²) in [4.78, 5) is 73.2. The molecule has 3 amide bonds. The molecule has 0 spiro atoms. The van der Waals surface area contributed by atoms with Crippen molar-refractivity contribution in [3.8, 4) is 33.5 Å². The molecule has 0 saturated carbocycles. The number of rotatable bonds is 13. The number of imidazole rings is 2. The summed E-state index contributed by atoms with van der Waals surface area (Å²) < 4.78 is 4.77. The maximum Gasteiger partial charge on any atom is 0.407 e. The molecule has 0 unspecified atom stereocenters. The summed E-state index contributed by atoms with van der Waals surface area (Å²) in [5.74, 6) is 1.22. The second-order valence-electron chi connectivity index (χ2n) is 15.6. The number of amides is 3. The highest BCUT2D eigenvalue weighted by Gasteiger charge is 2.38. The number of fused-ring (bicyclic) bond motifs is 1. The van der Waals surface area contributed by atoms with E-state index in [4.69, 9.17) is 19.6 Å². The molecule has 0 radical (unpaired) electrons. The molecular weight excluding hydrogens is 737 g/mol. The van der Waals surface area contributed by atoms with Crippen molar-refractivity contribution in [1.29, 1.82) is 0 Å². The predicted molar refractivity (Wildman–Crippen MR) is 221 cm³/mol. The Bertz CT molecular complexity index is 2250. The zero-order chi connectivity index (χ0) is 40.9. The Balaban J connectivity index is 1.02. The molecule has 2 fully saturated rings. The quantitative estimate of drug-likeness (QED) is 0.0474. The highest BCUT2D eigenvalue weighted by Crippen LogP contribution is 2.36. The van der Waals surface area contributed by atoms with Crippen LogP contribution in [-0.4, -0.2) is 93.4 Å². The average molecular weight is 789 g/mol. The van der Waals surface area contributed by atoms with E-state index in [0.717, 1.165) is 81.9 Å². The number of carbonyl (C=O) groups excluding carboxylic acids is 3. The summed E-state index contributed by atoms with van der Waals surface area (Å²) >= 11 is 0. The zero-order valence-corrected chi connectivity index (χ0v) is 33.9. The molecule has 5 aromatic rings. The summed E-state index contributed by atoms with van der Waals surface area (Å²) in [6.07, 6.45) is 5.76. The lowest BCUT2D eigenvalue weighted by Crippen LogP contribution is -2.51. The van der Waals surface area contributed by atoms with Gasteiger partial charge in [-0.3, -0.25) is 9.59 Å². The van der Waals surface area contributed by atoms with Crippen molar-refractivity contribution in [2.24, 2.45) is 16.8 Å². The van der Waals surface area contributed by atoms with Crippen LogP contribution in [0.4, 0.5) is 4.79 Å². The molecule has 14 nitrogen and oxygen atoms in total. The van der Waals surface area contributed by atoms with Gasteiger partial charge in [-0.1, -0.05) is 82.3 Å². The van der Waals surface area contributed by atoms with E-state index in [0.29, 0.717) is 13.1 Å². The minimum atomic E-state index is -0.685. The van der Waals surface area contributed by atoms with Crippen LogP contribution >= 0.6 is 0 Å². The number of nitrogens with zero attached hydrogens (tertiary/aromatic N) is 5. The fourth-order valence-electron chi connectivity index (χ4n) is 8.05. The van der Waals surface area contributed by atoms with Crippen molar-refractivity contribution in [2.45, 2.75) is 77.5 Å². The number of aliphatic imine (C=N–C) groups is 1. The van der Waals surface area contributed by atoms with Gasteiger partial charge in [-0.2, -0.15) is 4.89 Å². The summed E-state index contributed by atoms with van der Waals surface area (Å²) in [7, 11) is 2.69. The molecule has 0 bridgehead atoms. The smallest absolute Gasteiger partial charge is 0.407 e. The molecule has 2 aromatic heterocycles. The second-order valence-corrected chi connectivity index (χ2v) is 15.6. The van der Waals surface area contributed by atoms with Crippen LogP contribution in [0.15, 0.2) is 77.9 Å². The molecule has 58 heavy (non-hydrogen) atoms. The zero-order valence-electron chi connectivity index (χ0n) is 33.9. The number of aromatic nitrogens is 4. The van der Waals surface area contributed by atoms with E-state index >= 15 is 0 Å². The lowest BCUT2D eigenvalue weighted by Gasteiger charge is -2.29. The summed E-state index contributed by atoms with van der Waals surface area (Å²) in [6, 6.07) is 21.4. The number of hydrogen-bond acceptors (Lipinski definition) is 9. The molecule has 7 rings (SSSR count). The average Bonchev–Trinajstić information content (AvgIpc) is 4.07. The van der Waals surface area contributed by atoms with Crippen molar-refractivity contribution in [3.05, 3.63) is 84.6 Å². The highest BCUT2D eigenvalue weighted by atomic mass is 17.2. The first-order valence-corrected chi connectivity index (χ1v) is 20.0. The van der Waals surface area contributed by atoms with Crippen molar-refractivity contribution >= 4 is 35.3 Å². The number of nitrogens with one attached hydrogen (secondary N) is 3. The van der Waals surface area contributed by atoms with Crippen molar-refractivity contribution in [1.82, 2.24) is 35.1 Å². The fraction of sp³-hybridized carbons (Fsp3) is 0.409. The Morgan fingerprint density at radius 3 is 1.97 bits per heavy atom. The number of H-pyrrole nitrogens is 2. The number of aromatic amines is 2. The van der Waals surface area contributed by atoms with E-state index in [-0.39, 0.29) is 35.7 Å². The first-order chi connectivity index (χ1) is 28.1. The third-order valence-corrected chi connectivity index (χ3v) is 11.2. The van der Waals surface area contributed by atoms with Gasteiger partial charge in [0.2, 0.25) is 18.2 Å². The fourth-order valence-corrected chi connectivity index (χ4v) is 8.05. The lowest BCUT2D eigenvalue weighted by molar-refractivity contribution is -0.188. The molecule has 4 atom stereocenters. The molecule has 3 N–H and O–H groups in total. The molecule has 14 heteroatoms. The minimum absolute atomic E-state index is 0.00852. The van der Waals surface area contributed by atoms with Crippen LogP contribution in [0.25, 0.3) is 44.5 Å². The van der Waals surface area contributed by atoms with E-state index in [9.17, 15) is 14.4 Å². The van der Waals surface area contributed by atoms with Gasteiger partial charge in [0.15, 0.2) is 0 Å². The molecule has 2 saturated heterocycles. The SMILES string of the molecule is COO/C=N/[C@H](C(=O)N1CCC[C@H]1c1ncc(-c2ccc(-c3ccc(-c4ccc5nc([C@@H]6CCCN6C(=O)[C@@H](NC(=O)OC)C(C)C)[nH]c5c4)cc3)cc2)[nH]1)C(C)C. The van der Waals surface area contributed by atoms with Crippen LogP contribution in [0.3, 0.4) is 0 Å². The summed E-state index contributed by atoms with van der Waals surface area (Å²) in [5.41, 5.74) is 7.94. The maximum atomic E-state index is 13.6. The van der Waals surface area contributed by atoms with E-state index in [1.807, 2.05) is 49.8 Å². The Morgan fingerprint density at radius 1 is 0.776 bits per heavy atom. The lowest BCUT2D eigenvalue weighted by atomic mass is 9.99. The van der Waals surface area contributed by atoms with Gasteiger partial charge in [0.25, 0.3) is 0 Å². The van der Waals surface area contributed by atoms with E-state index in [2.05, 4.69) is 85.8 Å². The third kappa shape index (κ3) is 8.47. The van der Waals surface area contributed by atoms with Crippen LogP contribution in [0, 0.1) is 11.8 Å². The van der Waals surface area contributed by atoms with Crippen molar-refractivity contribution in [2.75, 3.05) is 27.3 Å². The normalized spacial score (nSPS) is 18.1. The Labute approximate surface area is 338 Å². The largest absolute Gasteiger partial charge is 0.453 e. The predicted octanol–water partition coefficient (Wildman–Crippen LogP) is 7.63. The Kier molecular flexibility index (Phi) is 12.2. The number of carbonyl (C=O) groups is 3. The summed E-state index contributed by atoms with van der Waals surface area (Å²) in [5, 5.41) is 2.71. The van der Waals surface area contributed by atoms with Crippen LogP contribution in [-0.2, 0) is 24.1 Å². The van der Waals surface area contributed by atoms with E-state index in [1.165, 1.54) is 20.6 Å². The van der Waals surface area contributed by atoms with Gasteiger partial charge in [-0.25, -0.2) is 19.8 Å². The van der Waals surface area contributed by atoms with Crippen LogP contribution in [0.2, 0.25) is 0 Å². The first-order valence-electron chi connectivity index (χ1n) is 20.0. The molecule has 4 heterocycles. The summed E-state index contributed by atoms with van der Waals surface area (Å²) in [6.45, 7) is 9.00. The Morgan fingerprint density at radius 2 is 1.36 bits per heavy atom. The van der Waals surface area contributed by atoms with Crippen LogP contribution in [0.1, 0.15) is 77.1 Å². The first kappa shape index (κ1) is 40.2. The van der Waals surface area contributed by atoms with E-state index in [1.54, 1.807) is 0 Å². The Hall–Kier alpha value is -6.02. The molecule has 304 valence electrons. The van der Waals surface area contributed by atoms with Gasteiger partial charge in [0.05, 0.1) is 49.2 Å². The molecule has 2 aliphatic rings. The number of likely N-dealkylation sites (tertiary alicyclic amines) is 2. The molecule has 2 aliphatic heterocycles. The maximum absolute atomic E-state index is 13.6. The van der Waals surface area contributed by atoms with Gasteiger partial charge in [-0.05, 0) is 77.5 Å². The van der Waals surface area contributed by atoms with Crippen molar-refractivity contribution in [3.63, 3.8) is 0 Å².